The van der Waals surface area contributed by atoms with Crippen molar-refractivity contribution in [1.82, 2.24) is 14.8 Å². The van der Waals surface area contributed by atoms with Gasteiger partial charge in [0.1, 0.15) is 34.4 Å². The number of pyridine rings is 1. The highest BCUT2D eigenvalue weighted by Crippen LogP contribution is 2.40. The van der Waals surface area contributed by atoms with Crippen LogP contribution in [-0.2, 0) is 13.2 Å². The minimum absolute atomic E-state index is 0.0292. The molecular formula is C27H19F4N5O3. The van der Waals surface area contributed by atoms with Gasteiger partial charge < -0.3 is 20.1 Å². The van der Waals surface area contributed by atoms with Gasteiger partial charge in [0.15, 0.2) is 5.65 Å². The fourth-order valence-corrected chi connectivity index (χ4v) is 3.69. The second kappa shape index (κ2) is 10.3. The van der Waals surface area contributed by atoms with Crippen LogP contribution in [0.5, 0.6) is 23.0 Å². The Kier molecular flexibility index (Phi) is 6.75. The van der Waals surface area contributed by atoms with Crippen molar-refractivity contribution in [2.75, 3.05) is 10.6 Å². The number of fused-ring (bicyclic) bond motifs is 1. The quantitative estimate of drug-likeness (QED) is 0.221. The van der Waals surface area contributed by atoms with Gasteiger partial charge in [0.2, 0.25) is 0 Å². The Balaban J connectivity index is 1.25. The average molecular weight is 537 g/mol. The van der Waals surface area contributed by atoms with E-state index < -0.39 is 29.3 Å². The first-order valence-corrected chi connectivity index (χ1v) is 11.4. The average Bonchev–Trinajstić information content (AvgIpc) is 3.28. The van der Waals surface area contributed by atoms with Gasteiger partial charge in [0.05, 0.1) is 11.6 Å². The van der Waals surface area contributed by atoms with Crippen molar-refractivity contribution >= 4 is 28.4 Å². The molecule has 39 heavy (non-hydrogen) atoms. The van der Waals surface area contributed by atoms with Gasteiger partial charge >= 0.3 is 12.2 Å². The second-order valence-electron chi connectivity index (χ2n) is 8.28. The van der Waals surface area contributed by atoms with E-state index in [2.05, 4.69) is 20.7 Å². The summed E-state index contributed by atoms with van der Waals surface area (Å²) in [6.45, 7) is 0. The largest absolute Gasteiger partial charge is 0.457 e. The number of aryl methyl sites for hydroxylation is 1. The Bertz CT molecular complexity index is 1630. The highest BCUT2D eigenvalue weighted by Gasteiger charge is 2.35. The number of hydrogen-bond donors (Lipinski definition) is 2. The van der Waals surface area contributed by atoms with Gasteiger partial charge in [-0.25, -0.2) is 14.2 Å². The number of benzene rings is 3. The third-order valence-electron chi connectivity index (χ3n) is 5.52. The van der Waals surface area contributed by atoms with E-state index in [0.717, 1.165) is 29.7 Å². The molecule has 5 rings (SSSR count). The van der Waals surface area contributed by atoms with Gasteiger partial charge in [0, 0.05) is 24.6 Å². The molecule has 2 amide bonds. The summed E-state index contributed by atoms with van der Waals surface area (Å²) in [6, 6.07) is 15.0. The number of aromatic nitrogens is 3. The lowest BCUT2D eigenvalue weighted by molar-refractivity contribution is -0.138. The van der Waals surface area contributed by atoms with Crippen LogP contribution in [0.4, 0.5) is 33.7 Å². The van der Waals surface area contributed by atoms with Crippen molar-refractivity contribution < 1.29 is 31.8 Å². The molecule has 0 aliphatic rings. The Morgan fingerprint density at radius 2 is 1.46 bits per heavy atom. The van der Waals surface area contributed by atoms with Crippen LogP contribution in [0.3, 0.4) is 0 Å². The lowest BCUT2D eigenvalue weighted by Gasteiger charge is -2.16. The van der Waals surface area contributed by atoms with Crippen molar-refractivity contribution in [2.45, 2.75) is 6.18 Å². The maximum Gasteiger partial charge on any atom is 0.420 e. The maximum atomic E-state index is 13.7. The Morgan fingerprint density at radius 3 is 2.15 bits per heavy atom. The molecule has 0 saturated carbocycles. The Morgan fingerprint density at radius 1 is 0.846 bits per heavy atom. The first kappa shape index (κ1) is 25.5. The van der Waals surface area contributed by atoms with Gasteiger partial charge in [-0.1, -0.05) is 0 Å². The van der Waals surface area contributed by atoms with Gasteiger partial charge in [-0.15, -0.1) is 0 Å². The fraction of sp³-hybridized carbons (Fsp3) is 0.0741. The predicted octanol–water partition coefficient (Wildman–Crippen LogP) is 7.35. The van der Waals surface area contributed by atoms with Crippen LogP contribution in [0.15, 0.2) is 85.2 Å². The van der Waals surface area contributed by atoms with Gasteiger partial charge in [-0.2, -0.15) is 18.3 Å². The number of hydrogen-bond acceptors (Lipinski definition) is 5. The second-order valence-corrected chi connectivity index (χ2v) is 8.28. The van der Waals surface area contributed by atoms with Crippen molar-refractivity contribution in [3.05, 3.63) is 96.6 Å². The molecule has 5 aromatic rings. The van der Waals surface area contributed by atoms with E-state index in [1.807, 2.05) is 0 Å². The summed E-state index contributed by atoms with van der Waals surface area (Å²) >= 11 is 0. The molecule has 0 spiro atoms. The maximum absolute atomic E-state index is 13.7. The standard InChI is InChI=1S/C27H19F4N5O3/c1-36-25-21(15-33-36)23(12-13-32-25)38-20-9-4-17(5-10-20)34-26(37)35-18-6-11-24(22(14-18)27(29,30)31)39-19-7-2-16(28)3-8-19/h2-15H,1H3,(H2,34,35,37). The number of rotatable bonds is 6. The summed E-state index contributed by atoms with van der Waals surface area (Å²) in [4.78, 5) is 16.7. The molecule has 0 unspecified atom stereocenters. The Hall–Kier alpha value is -5.13. The predicted molar refractivity (Wildman–Crippen MR) is 136 cm³/mol. The number of ether oxygens (including phenoxy) is 2. The number of nitrogens with zero attached hydrogens (tertiary/aromatic N) is 3. The molecule has 2 aromatic heterocycles. The molecule has 0 aliphatic heterocycles. The molecule has 0 aliphatic carbocycles. The third kappa shape index (κ3) is 5.90. The monoisotopic (exact) mass is 537 g/mol. The highest BCUT2D eigenvalue weighted by atomic mass is 19.4. The lowest BCUT2D eigenvalue weighted by atomic mass is 10.1. The molecular weight excluding hydrogens is 518 g/mol. The topological polar surface area (TPSA) is 90.3 Å². The molecule has 8 nitrogen and oxygen atoms in total. The number of carbonyl (C=O) groups excluding carboxylic acids is 1. The van der Waals surface area contributed by atoms with E-state index in [-0.39, 0.29) is 11.4 Å². The highest BCUT2D eigenvalue weighted by molar-refractivity contribution is 5.99. The zero-order valence-corrected chi connectivity index (χ0v) is 20.2. The van der Waals surface area contributed by atoms with E-state index in [9.17, 15) is 22.4 Å². The summed E-state index contributed by atoms with van der Waals surface area (Å²) in [7, 11) is 1.77. The minimum atomic E-state index is -4.77. The summed E-state index contributed by atoms with van der Waals surface area (Å²) in [5.74, 6) is 0.0313. The number of carbonyl (C=O) groups is 1. The molecule has 0 saturated heterocycles. The van der Waals surface area contributed by atoms with E-state index >= 15 is 0 Å². The number of anilines is 2. The van der Waals surface area contributed by atoms with Crippen LogP contribution in [0.2, 0.25) is 0 Å². The van der Waals surface area contributed by atoms with Crippen LogP contribution in [0.25, 0.3) is 11.0 Å². The first-order valence-electron chi connectivity index (χ1n) is 11.4. The molecule has 0 atom stereocenters. The van der Waals surface area contributed by atoms with Gasteiger partial charge in [0.25, 0.3) is 0 Å². The van der Waals surface area contributed by atoms with Crippen molar-refractivity contribution in [2.24, 2.45) is 7.05 Å². The van der Waals surface area contributed by atoms with E-state index in [0.29, 0.717) is 22.8 Å². The molecule has 3 aromatic carbocycles. The van der Waals surface area contributed by atoms with E-state index in [1.165, 1.54) is 18.2 Å². The van der Waals surface area contributed by atoms with Crippen molar-refractivity contribution in [1.29, 1.82) is 0 Å². The van der Waals surface area contributed by atoms with Crippen LogP contribution in [-0.4, -0.2) is 20.8 Å². The van der Waals surface area contributed by atoms with Crippen LogP contribution in [0.1, 0.15) is 5.56 Å². The van der Waals surface area contributed by atoms with Gasteiger partial charge in [-0.3, -0.25) is 4.68 Å². The van der Waals surface area contributed by atoms with E-state index in [4.69, 9.17) is 9.47 Å². The summed E-state index contributed by atoms with van der Waals surface area (Å²) in [6.07, 6.45) is -1.52. The smallest absolute Gasteiger partial charge is 0.420 e. The van der Waals surface area contributed by atoms with Gasteiger partial charge in [-0.05, 0) is 72.8 Å². The minimum Gasteiger partial charge on any atom is -0.457 e. The molecule has 0 fully saturated rings. The number of urea groups is 1. The molecule has 0 bridgehead atoms. The summed E-state index contributed by atoms with van der Waals surface area (Å²) in [5.41, 5.74) is -0.172. The fourth-order valence-electron chi connectivity index (χ4n) is 3.69. The van der Waals surface area contributed by atoms with Crippen molar-refractivity contribution in [3.63, 3.8) is 0 Å². The number of amides is 2. The number of nitrogens with one attached hydrogen (secondary N) is 2. The SMILES string of the molecule is Cn1ncc2c(Oc3ccc(NC(=O)Nc4ccc(Oc5ccc(F)cc5)c(C(F)(F)F)c4)cc3)ccnc21. The van der Waals surface area contributed by atoms with Crippen molar-refractivity contribution in [3.8, 4) is 23.0 Å². The third-order valence-corrected chi connectivity index (χ3v) is 5.52. The van der Waals surface area contributed by atoms with E-state index in [1.54, 1.807) is 54.5 Å². The Labute approximate surface area is 218 Å². The molecule has 12 heteroatoms. The zero-order valence-electron chi connectivity index (χ0n) is 20.2. The number of alkyl halides is 3. The number of halogens is 4. The molecule has 0 radical (unpaired) electrons. The van der Waals surface area contributed by atoms with Crippen LogP contribution in [0, 0.1) is 5.82 Å². The lowest BCUT2D eigenvalue weighted by Crippen LogP contribution is -2.20. The summed E-state index contributed by atoms with van der Waals surface area (Å²) < 4.78 is 66.9. The van der Waals surface area contributed by atoms with Crippen LogP contribution < -0.4 is 20.1 Å². The molecule has 198 valence electrons. The molecule has 2 N–H and O–H groups in total. The first-order chi connectivity index (χ1) is 18.7. The van der Waals surface area contributed by atoms with Crippen LogP contribution >= 0.6 is 0 Å². The summed E-state index contributed by atoms with van der Waals surface area (Å²) in [5, 5.41) is 9.82. The normalized spacial score (nSPS) is 11.3. The zero-order chi connectivity index (χ0) is 27.6. The molecule has 2 heterocycles.